The van der Waals surface area contributed by atoms with Crippen LogP contribution < -0.4 is 11.1 Å². The number of nitrogens with two attached hydrogens (primary N) is 1. The summed E-state index contributed by atoms with van der Waals surface area (Å²) in [5, 5.41) is 6.13. The molecule has 3 N–H and O–H groups in total. The molecule has 5 nitrogen and oxygen atoms in total. The highest BCUT2D eigenvalue weighted by molar-refractivity contribution is 5.94. The van der Waals surface area contributed by atoms with Gasteiger partial charge in [-0.15, -0.1) is 0 Å². The fourth-order valence-corrected chi connectivity index (χ4v) is 1.31. The van der Waals surface area contributed by atoms with Gasteiger partial charge < -0.3 is 15.6 Å². The first-order valence-corrected chi connectivity index (χ1v) is 4.89. The number of carbonyl (C=O) groups excluding carboxylic acids is 1. The highest BCUT2D eigenvalue weighted by Crippen LogP contribution is 2.11. The van der Waals surface area contributed by atoms with Gasteiger partial charge in [0.2, 0.25) is 0 Å². The Hall–Kier alpha value is -2.37. The fraction of sp³-hybridized carbons (Fsp3) is 0.0909. The molecule has 0 atom stereocenters. The second-order valence-corrected chi connectivity index (χ2v) is 3.41. The molecule has 1 amide bonds. The van der Waals surface area contributed by atoms with Crippen molar-refractivity contribution in [2.45, 2.75) is 6.54 Å². The van der Waals surface area contributed by atoms with Crippen molar-refractivity contribution >= 4 is 11.6 Å². The molecule has 0 radical (unpaired) electrons. The van der Waals surface area contributed by atoms with Crippen LogP contribution in [0.1, 0.15) is 16.1 Å². The molecule has 17 heavy (non-hydrogen) atoms. The normalized spacial score (nSPS) is 10.2. The first-order chi connectivity index (χ1) is 8.16. The molecule has 0 aliphatic heterocycles. The number of benzene rings is 1. The number of aromatic nitrogens is 1. The number of nitrogens with zero attached hydrogens (tertiary/aromatic N) is 1. The summed E-state index contributed by atoms with van der Waals surface area (Å²) in [6.07, 6.45) is 1.39. The number of hydrogen-bond donors (Lipinski definition) is 2. The van der Waals surface area contributed by atoms with Crippen LogP contribution in [0.2, 0.25) is 0 Å². The molecule has 1 aromatic carbocycles. The second-order valence-electron chi connectivity index (χ2n) is 3.41. The number of nitrogen functional groups attached to an aromatic ring is 1. The standard InChI is InChI=1S/C11H10FN3O2/c12-10-5-7(13)1-2-9(10)11(16)14-6-8-3-4-17-15-8/h1-5H,6,13H2,(H,14,16). The van der Waals surface area contributed by atoms with Crippen LogP contribution in [0.15, 0.2) is 35.1 Å². The molecule has 0 unspecified atom stereocenters. The highest BCUT2D eigenvalue weighted by Gasteiger charge is 2.11. The van der Waals surface area contributed by atoms with Gasteiger partial charge in [0.05, 0.1) is 12.1 Å². The lowest BCUT2D eigenvalue weighted by Crippen LogP contribution is -2.24. The zero-order valence-electron chi connectivity index (χ0n) is 8.81. The van der Waals surface area contributed by atoms with E-state index in [0.717, 1.165) is 6.07 Å². The van der Waals surface area contributed by atoms with Gasteiger partial charge in [0.25, 0.3) is 5.91 Å². The van der Waals surface area contributed by atoms with Crippen LogP contribution in [0.3, 0.4) is 0 Å². The lowest BCUT2D eigenvalue weighted by Gasteiger charge is -2.04. The molecule has 0 saturated carbocycles. The maximum Gasteiger partial charge on any atom is 0.254 e. The van der Waals surface area contributed by atoms with Crippen molar-refractivity contribution in [3.8, 4) is 0 Å². The molecule has 1 aromatic heterocycles. The van der Waals surface area contributed by atoms with Crippen LogP contribution in [0, 0.1) is 5.82 Å². The van der Waals surface area contributed by atoms with Gasteiger partial charge in [0.15, 0.2) is 0 Å². The number of amides is 1. The molecule has 0 bridgehead atoms. The van der Waals surface area contributed by atoms with E-state index in [0.29, 0.717) is 5.69 Å². The van der Waals surface area contributed by atoms with Gasteiger partial charge in [-0.2, -0.15) is 0 Å². The van der Waals surface area contributed by atoms with Crippen molar-refractivity contribution in [2.24, 2.45) is 0 Å². The zero-order chi connectivity index (χ0) is 12.3. The Balaban J connectivity index is 2.04. The van der Waals surface area contributed by atoms with Crippen LogP contribution in [-0.2, 0) is 6.54 Å². The summed E-state index contributed by atoms with van der Waals surface area (Å²) < 4.78 is 18.0. The van der Waals surface area contributed by atoms with Crippen LogP contribution in [-0.4, -0.2) is 11.1 Å². The number of rotatable bonds is 3. The van der Waals surface area contributed by atoms with Gasteiger partial charge in [0.1, 0.15) is 17.8 Å². The van der Waals surface area contributed by atoms with Gasteiger partial charge in [-0.25, -0.2) is 4.39 Å². The fourth-order valence-electron chi connectivity index (χ4n) is 1.31. The van der Waals surface area contributed by atoms with Crippen LogP contribution >= 0.6 is 0 Å². The molecule has 0 saturated heterocycles. The Kier molecular flexibility index (Phi) is 3.04. The van der Waals surface area contributed by atoms with Crippen molar-refractivity contribution in [3.63, 3.8) is 0 Å². The van der Waals surface area contributed by atoms with E-state index < -0.39 is 11.7 Å². The third-order valence-corrected chi connectivity index (χ3v) is 2.16. The summed E-state index contributed by atoms with van der Waals surface area (Å²) in [5.41, 5.74) is 6.17. The van der Waals surface area contributed by atoms with E-state index in [4.69, 9.17) is 5.73 Å². The van der Waals surface area contributed by atoms with Crippen LogP contribution in [0.25, 0.3) is 0 Å². The van der Waals surface area contributed by atoms with E-state index in [9.17, 15) is 9.18 Å². The van der Waals surface area contributed by atoms with E-state index in [1.165, 1.54) is 18.4 Å². The van der Waals surface area contributed by atoms with Crippen LogP contribution in [0.5, 0.6) is 0 Å². The monoisotopic (exact) mass is 235 g/mol. The molecular weight excluding hydrogens is 225 g/mol. The summed E-state index contributed by atoms with van der Waals surface area (Å²) in [4.78, 5) is 11.6. The number of halogens is 1. The average Bonchev–Trinajstić information content (AvgIpc) is 2.78. The number of hydrogen-bond acceptors (Lipinski definition) is 4. The van der Waals surface area contributed by atoms with Crippen molar-refractivity contribution in [2.75, 3.05) is 5.73 Å². The van der Waals surface area contributed by atoms with E-state index in [1.54, 1.807) is 6.07 Å². The molecule has 0 aliphatic rings. The summed E-state index contributed by atoms with van der Waals surface area (Å²) in [5.74, 6) is -1.17. The third-order valence-electron chi connectivity index (χ3n) is 2.16. The third kappa shape index (κ3) is 2.60. The topological polar surface area (TPSA) is 81.2 Å². The first-order valence-electron chi connectivity index (χ1n) is 4.89. The van der Waals surface area contributed by atoms with Crippen molar-refractivity contribution in [1.29, 1.82) is 0 Å². The van der Waals surface area contributed by atoms with Gasteiger partial charge in [0, 0.05) is 11.8 Å². The van der Waals surface area contributed by atoms with Crippen molar-refractivity contribution in [3.05, 3.63) is 47.6 Å². The summed E-state index contributed by atoms with van der Waals surface area (Å²) in [6, 6.07) is 5.52. The van der Waals surface area contributed by atoms with Gasteiger partial charge in [-0.05, 0) is 18.2 Å². The number of carbonyl (C=O) groups is 1. The quantitative estimate of drug-likeness (QED) is 0.786. The summed E-state index contributed by atoms with van der Waals surface area (Å²) in [7, 11) is 0. The molecule has 0 fully saturated rings. The van der Waals surface area contributed by atoms with E-state index in [2.05, 4.69) is 15.0 Å². The van der Waals surface area contributed by atoms with E-state index >= 15 is 0 Å². The summed E-state index contributed by atoms with van der Waals surface area (Å²) >= 11 is 0. The maximum absolute atomic E-state index is 13.4. The average molecular weight is 235 g/mol. The number of anilines is 1. The molecule has 0 spiro atoms. The minimum Gasteiger partial charge on any atom is -0.399 e. The Morgan fingerprint density at radius 3 is 2.94 bits per heavy atom. The second kappa shape index (κ2) is 4.65. The van der Waals surface area contributed by atoms with E-state index in [1.807, 2.05) is 0 Å². The Morgan fingerprint density at radius 2 is 2.29 bits per heavy atom. The lowest BCUT2D eigenvalue weighted by molar-refractivity contribution is 0.0946. The minimum absolute atomic E-state index is 0.0531. The minimum atomic E-state index is -0.650. The summed E-state index contributed by atoms with van der Waals surface area (Å²) in [6.45, 7) is 0.180. The molecule has 2 aromatic rings. The highest BCUT2D eigenvalue weighted by atomic mass is 19.1. The van der Waals surface area contributed by atoms with Crippen molar-refractivity contribution < 1.29 is 13.7 Å². The largest absolute Gasteiger partial charge is 0.399 e. The Morgan fingerprint density at radius 1 is 1.47 bits per heavy atom. The molecule has 6 heteroatoms. The SMILES string of the molecule is Nc1ccc(C(=O)NCc2ccon2)c(F)c1. The van der Waals surface area contributed by atoms with Crippen LogP contribution in [0.4, 0.5) is 10.1 Å². The lowest BCUT2D eigenvalue weighted by atomic mass is 10.2. The first kappa shape index (κ1) is 11.1. The number of nitrogens with one attached hydrogen (secondary N) is 1. The maximum atomic E-state index is 13.4. The Labute approximate surface area is 96.4 Å². The van der Waals surface area contributed by atoms with Gasteiger partial charge >= 0.3 is 0 Å². The predicted octanol–water partition coefficient (Wildman–Crippen LogP) is 1.33. The smallest absolute Gasteiger partial charge is 0.254 e. The van der Waals surface area contributed by atoms with Crippen molar-refractivity contribution in [1.82, 2.24) is 10.5 Å². The molecule has 88 valence electrons. The Bertz CT molecular complexity index is 526. The van der Waals surface area contributed by atoms with Gasteiger partial charge in [-0.1, -0.05) is 5.16 Å². The zero-order valence-corrected chi connectivity index (χ0v) is 8.81. The van der Waals surface area contributed by atoms with Gasteiger partial charge in [-0.3, -0.25) is 4.79 Å². The molecular formula is C11H10FN3O2. The molecule has 1 heterocycles. The molecule has 0 aliphatic carbocycles. The predicted molar refractivity (Wildman–Crippen MR) is 58.5 cm³/mol. The molecule has 2 rings (SSSR count). The van der Waals surface area contributed by atoms with E-state index in [-0.39, 0.29) is 17.8 Å².